The number of carbonyl (C=O) groups is 1. The number of phenolic OH excluding ortho intramolecular Hbond substituents is 1. The highest BCUT2D eigenvalue weighted by Crippen LogP contribution is 2.43. The number of benzene rings is 1. The van der Waals surface area contributed by atoms with E-state index in [9.17, 15) is 9.90 Å². The van der Waals surface area contributed by atoms with E-state index in [1.807, 2.05) is 12.1 Å². The van der Waals surface area contributed by atoms with Gasteiger partial charge in [-0.05, 0) is 53.7 Å². The quantitative estimate of drug-likeness (QED) is 0.396. The van der Waals surface area contributed by atoms with Gasteiger partial charge in [0.1, 0.15) is 11.5 Å². The van der Waals surface area contributed by atoms with E-state index in [4.69, 9.17) is 0 Å². The fraction of sp³-hybridized carbons (Fsp3) is 0.625. The summed E-state index contributed by atoms with van der Waals surface area (Å²) in [5.41, 5.74) is 2.19. The van der Waals surface area contributed by atoms with Crippen molar-refractivity contribution in [1.29, 1.82) is 0 Å². The first-order chi connectivity index (χ1) is 12.4. The third kappa shape index (κ3) is 5.22. The number of aromatic hydroxyl groups is 1. The lowest BCUT2D eigenvalue weighted by molar-refractivity contribution is -0.121. The molecule has 2 atom stereocenters. The molecule has 26 heavy (non-hydrogen) atoms. The van der Waals surface area contributed by atoms with Crippen LogP contribution in [0.25, 0.3) is 0 Å². The van der Waals surface area contributed by atoms with E-state index in [1.165, 1.54) is 31.2 Å². The molecule has 1 saturated carbocycles. The Hall–Kier alpha value is -1.57. The van der Waals surface area contributed by atoms with Gasteiger partial charge in [0.25, 0.3) is 0 Å². The maximum atomic E-state index is 12.0. The second-order valence-corrected chi connectivity index (χ2v) is 8.64. The zero-order chi connectivity index (χ0) is 19.2. The maximum Gasteiger partial charge on any atom is 0.133 e. The van der Waals surface area contributed by atoms with E-state index >= 15 is 0 Å². The summed E-state index contributed by atoms with van der Waals surface area (Å²) in [6.07, 6.45) is 11.1. The van der Waals surface area contributed by atoms with Crippen LogP contribution in [-0.4, -0.2) is 10.9 Å². The van der Waals surface area contributed by atoms with Crippen molar-refractivity contribution in [2.45, 2.75) is 89.9 Å². The van der Waals surface area contributed by atoms with E-state index < -0.39 is 0 Å². The van der Waals surface area contributed by atoms with E-state index in [1.54, 1.807) is 0 Å². The summed E-state index contributed by atoms with van der Waals surface area (Å²) in [7, 11) is 0. The van der Waals surface area contributed by atoms with Crippen molar-refractivity contribution in [3.63, 3.8) is 0 Å². The lowest BCUT2D eigenvalue weighted by Gasteiger charge is -2.32. The van der Waals surface area contributed by atoms with Crippen molar-refractivity contribution in [2.24, 2.45) is 5.92 Å². The average Bonchev–Trinajstić information content (AvgIpc) is 2.60. The topological polar surface area (TPSA) is 37.3 Å². The molecule has 2 nitrogen and oxygen atoms in total. The van der Waals surface area contributed by atoms with Crippen LogP contribution in [0.5, 0.6) is 5.75 Å². The largest absolute Gasteiger partial charge is 0.508 e. The molecule has 1 N–H and O–H groups in total. The number of unbranched alkanes of at least 4 members (excludes halogenated alkanes) is 3. The summed E-state index contributed by atoms with van der Waals surface area (Å²) in [6.45, 7) is 10.6. The van der Waals surface area contributed by atoms with Crippen LogP contribution in [0, 0.1) is 5.92 Å². The molecule has 1 aromatic carbocycles. The van der Waals surface area contributed by atoms with Gasteiger partial charge in [0.05, 0.1) is 0 Å². The predicted octanol–water partition coefficient (Wildman–Crippen LogP) is 6.67. The molecule has 0 spiro atoms. The molecule has 2 heteroatoms. The highest BCUT2D eigenvalue weighted by molar-refractivity contribution is 5.80. The van der Waals surface area contributed by atoms with Crippen LogP contribution in [0.3, 0.4) is 0 Å². The Morgan fingerprint density at radius 3 is 2.69 bits per heavy atom. The zero-order valence-corrected chi connectivity index (χ0v) is 16.9. The number of ketones is 1. The minimum atomic E-state index is 0.0622. The van der Waals surface area contributed by atoms with Crippen molar-refractivity contribution in [3.05, 3.63) is 42.0 Å². The first-order valence-electron chi connectivity index (χ1n) is 10.3. The summed E-state index contributed by atoms with van der Waals surface area (Å²) >= 11 is 0. The van der Waals surface area contributed by atoms with Crippen molar-refractivity contribution >= 4 is 5.78 Å². The van der Waals surface area contributed by atoms with Crippen LogP contribution in [0.4, 0.5) is 0 Å². The maximum absolute atomic E-state index is 12.0. The predicted molar refractivity (Wildman–Crippen MR) is 110 cm³/mol. The third-order valence-electron chi connectivity index (χ3n) is 6.15. The monoisotopic (exact) mass is 356 g/mol. The molecule has 1 aromatic rings. The smallest absolute Gasteiger partial charge is 0.133 e. The molecule has 144 valence electrons. The number of carbonyl (C=O) groups excluding carboxylic acids is 1. The highest BCUT2D eigenvalue weighted by Gasteiger charge is 2.32. The number of Topliss-reactive ketones (excluding diaryl/α,β-unsaturated/α-hetero) is 1. The van der Waals surface area contributed by atoms with Crippen molar-refractivity contribution in [2.75, 3.05) is 0 Å². The van der Waals surface area contributed by atoms with Crippen molar-refractivity contribution in [3.8, 4) is 5.75 Å². The Balaban J connectivity index is 2.17. The highest BCUT2D eigenvalue weighted by atomic mass is 16.3. The zero-order valence-electron chi connectivity index (χ0n) is 16.9. The molecule has 2 rings (SSSR count). The molecular weight excluding hydrogens is 320 g/mol. The summed E-state index contributed by atoms with van der Waals surface area (Å²) in [4.78, 5) is 12.0. The molecule has 0 aromatic heterocycles. The summed E-state index contributed by atoms with van der Waals surface area (Å²) in [5.74, 6) is 1.20. The number of hydrogen-bond acceptors (Lipinski definition) is 2. The normalized spacial score (nSPS) is 21.0. The molecule has 1 aliphatic carbocycles. The summed E-state index contributed by atoms with van der Waals surface area (Å²) in [6, 6.07) is 6.18. The van der Waals surface area contributed by atoms with Crippen LogP contribution in [0.15, 0.2) is 30.9 Å². The second kappa shape index (κ2) is 9.39. The molecule has 0 radical (unpaired) electrons. The SMILES string of the molecule is C=CC[C@@H]1CCC(=O)C[C@H]1c1ccc(C(C)(C)CCCCCC)cc1O. The van der Waals surface area contributed by atoms with Crippen molar-refractivity contribution in [1.82, 2.24) is 0 Å². The Labute approximate surface area is 159 Å². The number of phenols is 1. The molecule has 0 bridgehead atoms. The molecular formula is C24H36O2. The first-order valence-corrected chi connectivity index (χ1v) is 10.3. The van der Waals surface area contributed by atoms with Gasteiger partial charge in [-0.3, -0.25) is 4.79 Å². The molecule has 0 saturated heterocycles. The van der Waals surface area contributed by atoms with Crippen LogP contribution in [0.2, 0.25) is 0 Å². The van der Waals surface area contributed by atoms with Gasteiger partial charge < -0.3 is 5.11 Å². The average molecular weight is 357 g/mol. The van der Waals surface area contributed by atoms with E-state index in [2.05, 4.69) is 39.5 Å². The Bertz CT molecular complexity index is 615. The van der Waals surface area contributed by atoms with Crippen LogP contribution in [-0.2, 0) is 10.2 Å². The Morgan fingerprint density at radius 1 is 1.27 bits per heavy atom. The Morgan fingerprint density at radius 2 is 2.04 bits per heavy atom. The lowest BCUT2D eigenvalue weighted by Crippen LogP contribution is -2.23. The second-order valence-electron chi connectivity index (χ2n) is 8.64. The molecule has 0 amide bonds. The standard InChI is InChI=1S/C24H36O2/c1-5-7-8-9-15-24(3,4)19-12-14-21(23(26)16-19)22-17-20(25)13-11-18(22)10-6-2/h6,12,14,16,18,22,26H,2,5,7-11,13,15,17H2,1,3-4H3/t18-,22-/m1/s1. The number of allylic oxidation sites excluding steroid dienone is 1. The number of hydrogen-bond donors (Lipinski definition) is 1. The van der Waals surface area contributed by atoms with Gasteiger partial charge in [0.2, 0.25) is 0 Å². The van der Waals surface area contributed by atoms with Crippen LogP contribution < -0.4 is 0 Å². The van der Waals surface area contributed by atoms with Gasteiger partial charge in [-0.15, -0.1) is 6.58 Å². The number of rotatable bonds is 9. The molecule has 0 unspecified atom stereocenters. The molecule has 0 aliphatic heterocycles. The van der Waals surface area contributed by atoms with Gasteiger partial charge in [0, 0.05) is 12.8 Å². The minimum Gasteiger partial charge on any atom is -0.508 e. The van der Waals surface area contributed by atoms with Crippen LogP contribution in [0.1, 0.15) is 95.6 Å². The fourth-order valence-corrected chi connectivity index (χ4v) is 4.34. The fourth-order valence-electron chi connectivity index (χ4n) is 4.34. The minimum absolute atomic E-state index is 0.0622. The van der Waals surface area contributed by atoms with Gasteiger partial charge in [0.15, 0.2) is 0 Å². The van der Waals surface area contributed by atoms with Gasteiger partial charge in [-0.2, -0.15) is 0 Å². The van der Waals surface area contributed by atoms with Crippen LogP contribution >= 0.6 is 0 Å². The van der Waals surface area contributed by atoms with Gasteiger partial charge in [-0.25, -0.2) is 0 Å². The first kappa shape index (κ1) is 20.7. The molecule has 0 heterocycles. The van der Waals surface area contributed by atoms with Gasteiger partial charge in [-0.1, -0.05) is 64.7 Å². The van der Waals surface area contributed by atoms with E-state index in [0.717, 1.165) is 24.8 Å². The lowest BCUT2D eigenvalue weighted by atomic mass is 9.72. The van der Waals surface area contributed by atoms with E-state index in [0.29, 0.717) is 30.3 Å². The third-order valence-corrected chi connectivity index (χ3v) is 6.15. The van der Waals surface area contributed by atoms with E-state index in [-0.39, 0.29) is 11.3 Å². The molecule has 1 aliphatic rings. The Kier molecular flexibility index (Phi) is 7.49. The summed E-state index contributed by atoms with van der Waals surface area (Å²) in [5, 5.41) is 10.8. The van der Waals surface area contributed by atoms with Crippen molar-refractivity contribution < 1.29 is 9.90 Å². The van der Waals surface area contributed by atoms with Gasteiger partial charge >= 0.3 is 0 Å². The molecule has 1 fully saturated rings. The summed E-state index contributed by atoms with van der Waals surface area (Å²) < 4.78 is 0.